The molecule has 0 fully saturated rings. The summed E-state index contributed by atoms with van der Waals surface area (Å²) < 4.78 is 64.8. The molecule has 1 unspecified atom stereocenters. The Morgan fingerprint density at radius 2 is 1.97 bits per heavy atom. The number of benzene rings is 1. The number of aromatic nitrogens is 4. The van der Waals surface area contributed by atoms with Crippen LogP contribution in [-0.4, -0.2) is 57.5 Å². The Bertz CT molecular complexity index is 1380. The second-order valence-corrected chi connectivity index (χ2v) is 10.3. The van der Waals surface area contributed by atoms with Gasteiger partial charge in [-0.1, -0.05) is 11.6 Å². The van der Waals surface area contributed by atoms with Gasteiger partial charge >= 0.3 is 6.18 Å². The third kappa shape index (κ3) is 6.34. The summed E-state index contributed by atoms with van der Waals surface area (Å²) in [6.07, 6.45) is -1.27. The Morgan fingerprint density at radius 3 is 2.54 bits per heavy atom. The Labute approximate surface area is 203 Å². The van der Waals surface area contributed by atoms with E-state index in [1.165, 1.54) is 36.3 Å². The maximum Gasteiger partial charge on any atom is 0.416 e. The van der Waals surface area contributed by atoms with Gasteiger partial charge in [-0.3, -0.25) is 4.79 Å². The standard InChI is InChI=1S/C21H18ClF3N6O3S/c1-13(19-28-12-29-31(19)18-4-3-14(10-26)11-27-18)30(5-6-35(2,33)34)20(32)15-7-16(21(23,24)25)9-17(22)8-15/h3-4,7-9,11-13H,5-6H2,1-2H3. The molecule has 14 heteroatoms. The predicted molar refractivity (Wildman–Crippen MR) is 119 cm³/mol. The molecule has 0 saturated carbocycles. The number of hydrogen-bond acceptors (Lipinski definition) is 7. The molecule has 9 nitrogen and oxygen atoms in total. The van der Waals surface area contributed by atoms with E-state index < -0.39 is 39.3 Å². The highest BCUT2D eigenvalue weighted by Gasteiger charge is 2.33. The summed E-state index contributed by atoms with van der Waals surface area (Å²) in [6, 6.07) is 6.41. The number of rotatable bonds is 7. The topological polar surface area (TPSA) is 122 Å². The van der Waals surface area contributed by atoms with E-state index in [4.69, 9.17) is 16.9 Å². The first kappa shape index (κ1) is 26.1. The number of alkyl halides is 3. The van der Waals surface area contributed by atoms with Gasteiger partial charge in [0.05, 0.1) is 22.9 Å². The minimum Gasteiger partial charge on any atom is -0.328 e. The summed E-state index contributed by atoms with van der Waals surface area (Å²) in [4.78, 5) is 22.7. The Morgan fingerprint density at radius 1 is 1.26 bits per heavy atom. The summed E-state index contributed by atoms with van der Waals surface area (Å²) in [5.74, 6) is -0.890. The predicted octanol–water partition coefficient (Wildman–Crippen LogP) is 3.45. The average molecular weight is 527 g/mol. The minimum atomic E-state index is -4.75. The van der Waals surface area contributed by atoms with Gasteiger partial charge in [0.2, 0.25) is 0 Å². The van der Waals surface area contributed by atoms with Gasteiger partial charge in [-0.15, -0.1) is 0 Å². The third-order valence-corrected chi connectivity index (χ3v) is 6.09. The van der Waals surface area contributed by atoms with E-state index in [1.54, 1.807) is 0 Å². The zero-order chi connectivity index (χ0) is 26.0. The summed E-state index contributed by atoms with van der Waals surface area (Å²) >= 11 is 5.84. The highest BCUT2D eigenvalue weighted by molar-refractivity contribution is 7.90. The number of halogens is 4. The SMILES string of the molecule is CC(c1ncnn1-c1ccc(C#N)cn1)N(CCS(C)(=O)=O)C(=O)c1cc(Cl)cc(C(F)(F)F)c1. The molecule has 0 aliphatic rings. The van der Waals surface area contributed by atoms with E-state index in [0.29, 0.717) is 17.7 Å². The van der Waals surface area contributed by atoms with Crippen LogP contribution in [0.1, 0.15) is 40.3 Å². The zero-order valence-electron chi connectivity index (χ0n) is 18.4. The second-order valence-electron chi connectivity index (χ2n) is 7.58. The van der Waals surface area contributed by atoms with Crippen LogP contribution < -0.4 is 0 Å². The highest BCUT2D eigenvalue weighted by Crippen LogP contribution is 2.33. The van der Waals surface area contributed by atoms with E-state index in [2.05, 4.69) is 15.1 Å². The summed E-state index contributed by atoms with van der Waals surface area (Å²) in [6.45, 7) is 1.19. The van der Waals surface area contributed by atoms with Crippen LogP contribution in [0.5, 0.6) is 0 Å². The van der Waals surface area contributed by atoms with Gasteiger partial charge in [-0.2, -0.15) is 28.2 Å². The number of hydrogen-bond donors (Lipinski definition) is 0. The van der Waals surface area contributed by atoms with Crippen molar-refractivity contribution in [3.05, 3.63) is 70.4 Å². The maximum absolute atomic E-state index is 13.4. The van der Waals surface area contributed by atoms with Crippen molar-refractivity contribution in [1.82, 2.24) is 24.6 Å². The van der Waals surface area contributed by atoms with Gasteiger partial charge in [0.15, 0.2) is 11.6 Å². The molecule has 0 aliphatic heterocycles. The lowest BCUT2D eigenvalue weighted by Gasteiger charge is -2.29. The van der Waals surface area contributed by atoms with Crippen LogP contribution in [0.3, 0.4) is 0 Å². The fourth-order valence-electron chi connectivity index (χ4n) is 3.21. The molecule has 0 radical (unpaired) electrons. The number of sulfone groups is 1. The molecule has 184 valence electrons. The first-order valence-electron chi connectivity index (χ1n) is 9.93. The van der Waals surface area contributed by atoms with Crippen LogP contribution in [0.15, 0.2) is 42.9 Å². The lowest BCUT2D eigenvalue weighted by atomic mass is 10.1. The quantitative estimate of drug-likeness (QED) is 0.462. The number of amides is 1. The van der Waals surface area contributed by atoms with Gasteiger partial charge < -0.3 is 4.90 Å². The molecule has 2 aromatic heterocycles. The molecule has 35 heavy (non-hydrogen) atoms. The van der Waals surface area contributed by atoms with Crippen molar-refractivity contribution in [2.45, 2.75) is 19.1 Å². The lowest BCUT2D eigenvalue weighted by Crippen LogP contribution is -2.38. The van der Waals surface area contributed by atoms with Crippen molar-refractivity contribution in [2.24, 2.45) is 0 Å². The molecule has 2 heterocycles. The maximum atomic E-state index is 13.4. The fourth-order valence-corrected chi connectivity index (χ4v) is 3.97. The second kappa shape index (κ2) is 10.0. The molecule has 1 aromatic carbocycles. The molecule has 1 atom stereocenters. The molecule has 1 amide bonds. The van der Waals surface area contributed by atoms with Crippen LogP contribution in [-0.2, 0) is 16.0 Å². The number of pyridine rings is 1. The van der Waals surface area contributed by atoms with Crippen molar-refractivity contribution < 1.29 is 26.4 Å². The first-order valence-corrected chi connectivity index (χ1v) is 12.4. The fraction of sp³-hybridized carbons (Fsp3) is 0.286. The van der Waals surface area contributed by atoms with Crippen LogP contribution in [0.25, 0.3) is 5.82 Å². The number of carbonyl (C=O) groups excluding carboxylic acids is 1. The molecule has 0 saturated heterocycles. The van der Waals surface area contributed by atoms with Crippen LogP contribution in [0.2, 0.25) is 5.02 Å². The summed E-state index contributed by atoms with van der Waals surface area (Å²) in [5.41, 5.74) is -1.18. The largest absolute Gasteiger partial charge is 0.416 e. The van der Waals surface area contributed by atoms with Gasteiger partial charge in [-0.05, 0) is 37.3 Å². The van der Waals surface area contributed by atoms with Crippen molar-refractivity contribution in [2.75, 3.05) is 18.6 Å². The van der Waals surface area contributed by atoms with Crippen LogP contribution >= 0.6 is 11.6 Å². The number of carbonyl (C=O) groups is 1. The number of nitrogens with zero attached hydrogens (tertiary/aromatic N) is 6. The third-order valence-electron chi connectivity index (χ3n) is 4.95. The first-order chi connectivity index (χ1) is 16.3. The van der Waals surface area contributed by atoms with Crippen LogP contribution in [0.4, 0.5) is 13.2 Å². The normalized spacial score (nSPS) is 12.7. The molecule has 0 spiro atoms. The van der Waals surface area contributed by atoms with E-state index in [1.807, 2.05) is 6.07 Å². The summed E-state index contributed by atoms with van der Waals surface area (Å²) in [5, 5.41) is 12.7. The molecular formula is C21H18ClF3N6O3S. The van der Waals surface area contributed by atoms with Crippen molar-refractivity contribution in [1.29, 1.82) is 5.26 Å². The van der Waals surface area contributed by atoms with Gasteiger partial charge in [0.25, 0.3) is 5.91 Å². The number of nitriles is 1. The van der Waals surface area contributed by atoms with Crippen LogP contribution in [0, 0.1) is 11.3 Å². The average Bonchev–Trinajstić information content (AvgIpc) is 3.27. The molecule has 3 aromatic rings. The molecule has 0 bridgehead atoms. The van der Waals surface area contributed by atoms with Crippen molar-refractivity contribution in [3.63, 3.8) is 0 Å². The van der Waals surface area contributed by atoms with E-state index in [9.17, 15) is 26.4 Å². The van der Waals surface area contributed by atoms with E-state index in [-0.39, 0.29) is 28.8 Å². The van der Waals surface area contributed by atoms with Gasteiger partial charge in [0.1, 0.15) is 22.2 Å². The Balaban J connectivity index is 2.04. The monoisotopic (exact) mass is 526 g/mol. The van der Waals surface area contributed by atoms with Gasteiger partial charge in [-0.25, -0.2) is 18.4 Å². The minimum absolute atomic E-state index is 0.169. The summed E-state index contributed by atoms with van der Waals surface area (Å²) in [7, 11) is -3.53. The Hall–Kier alpha value is -3.50. The molecule has 0 N–H and O–H groups in total. The molecule has 3 rings (SSSR count). The van der Waals surface area contributed by atoms with Crippen molar-refractivity contribution >= 4 is 27.3 Å². The molecular weight excluding hydrogens is 509 g/mol. The van der Waals surface area contributed by atoms with Gasteiger partial charge in [0, 0.05) is 29.6 Å². The zero-order valence-corrected chi connectivity index (χ0v) is 19.9. The van der Waals surface area contributed by atoms with E-state index >= 15 is 0 Å². The van der Waals surface area contributed by atoms with Crippen molar-refractivity contribution in [3.8, 4) is 11.9 Å². The van der Waals surface area contributed by atoms with E-state index in [0.717, 1.165) is 17.2 Å². The lowest BCUT2D eigenvalue weighted by molar-refractivity contribution is -0.137. The Kier molecular flexibility index (Phi) is 7.47. The smallest absolute Gasteiger partial charge is 0.328 e. The highest BCUT2D eigenvalue weighted by atomic mass is 35.5. The molecule has 0 aliphatic carbocycles.